The highest BCUT2D eigenvalue weighted by molar-refractivity contribution is 7.98. The molecule has 0 radical (unpaired) electrons. The number of rotatable bonds is 8. The molecule has 1 aliphatic rings. The van der Waals surface area contributed by atoms with Crippen LogP contribution in [0.15, 0.2) is 29.4 Å². The number of methoxy groups -OCH3 is 2. The molecule has 3 aromatic rings. The van der Waals surface area contributed by atoms with Crippen molar-refractivity contribution in [3.8, 4) is 11.5 Å². The summed E-state index contributed by atoms with van der Waals surface area (Å²) in [7, 11) is 3.23. The standard InChI is InChI=1S/C22H26N4O3S2/c1-28-16-7-6-14(12-17(16)29-2)8-9-23-20(27)18-13-15-19(26-10-4-5-11-26)24-22(30-3)25-21(15)31-18/h6-7,12-13H,4-5,8-11H2,1-3H3,(H,23,27). The van der Waals surface area contributed by atoms with Gasteiger partial charge >= 0.3 is 0 Å². The van der Waals surface area contributed by atoms with E-state index in [9.17, 15) is 4.79 Å². The van der Waals surface area contributed by atoms with E-state index in [1.54, 1.807) is 14.2 Å². The zero-order chi connectivity index (χ0) is 21.8. The first-order valence-corrected chi connectivity index (χ1v) is 12.3. The first kappa shape index (κ1) is 21.7. The summed E-state index contributed by atoms with van der Waals surface area (Å²) in [5.41, 5.74) is 1.07. The number of benzene rings is 1. The molecular weight excluding hydrogens is 432 g/mol. The fraction of sp³-hybridized carbons (Fsp3) is 0.409. The Morgan fingerprint density at radius 2 is 1.94 bits per heavy atom. The van der Waals surface area contributed by atoms with Gasteiger partial charge in [0, 0.05) is 19.6 Å². The second kappa shape index (κ2) is 9.74. The second-order valence-corrected chi connectivity index (χ2v) is 9.06. The molecule has 1 fully saturated rings. The fourth-order valence-corrected chi connectivity index (χ4v) is 5.06. The van der Waals surface area contributed by atoms with Crippen LogP contribution in [0.1, 0.15) is 28.1 Å². The predicted octanol–water partition coefficient (Wildman–Crippen LogP) is 4.00. The van der Waals surface area contributed by atoms with Gasteiger partial charge in [-0.3, -0.25) is 4.79 Å². The van der Waals surface area contributed by atoms with Crippen molar-refractivity contribution in [2.45, 2.75) is 24.4 Å². The van der Waals surface area contributed by atoms with Crippen molar-refractivity contribution in [1.82, 2.24) is 15.3 Å². The first-order chi connectivity index (χ1) is 15.1. The Morgan fingerprint density at radius 3 is 2.65 bits per heavy atom. The lowest BCUT2D eigenvalue weighted by atomic mass is 10.1. The van der Waals surface area contributed by atoms with Crippen molar-refractivity contribution in [3.63, 3.8) is 0 Å². The number of thiophene rings is 1. The van der Waals surface area contributed by atoms with Gasteiger partial charge in [-0.25, -0.2) is 9.97 Å². The molecule has 2 aromatic heterocycles. The van der Waals surface area contributed by atoms with Gasteiger partial charge in [-0.15, -0.1) is 11.3 Å². The molecule has 0 spiro atoms. The number of hydrogen-bond acceptors (Lipinski definition) is 8. The minimum absolute atomic E-state index is 0.0819. The van der Waals surface area contributed by atoms with Gasteiger partial charge in [-0.2, -0.15) is 0 Å². The van der Waals surface area contributed by atoms with Crippen LogP contribution in [0.2, 0.25) is 0 Å². The molecule has 4 rings (SSSR count). The van der Waals surface area contributed by atoms with Crippen LogP contribution in [0.4, 0.5) is 5.82 Å². The number of anilines is 1. The van der Waals surface area contributed by atoms with Crippen molar-refractivity contribution in [3.05, 3.63) is 34.7 Å². The van der Waals surface area contributed by atoms with Crippen LogP contribution in [0.25, 0.3) is 10.2 Å². The normalized spacial score (nSPS) is 13.6. The van der Waals surface area contributed by atoms with Gasteiger partial charge in [0.05, 0.1) is 24.5 Å². The van der Waals surface area contributed by atoms with E-state index in [0.717, 1.165) is 39.8 Å². The van der Waals surface area contributed by atoms with E-state index in [0.29, 0.717) is 29.3 Å². The lowest BCUT2D eigenvalue weighted by Gasteiger charge is -2.17. The molecule has 31 heavy (non-hydrogen) atoms. The zero-order valence-corrected chi connectivity index (χ0v) is 19.6. The summed E-state index contributed by atoms with van der Waals surface area (Å²) >= 11 is 2.95. The summed E-state index contributed by atoms with van der Waals surface area (Å²) in [6.07, 6.45) is 5.03. The quantitative estimate of drug-likeness (QED) is 0.404. The molecule has 1 N–H and O–H groups in total. The molecule has 3 heterocycles. The second-order valence-electron chi connectivity index (χ2n) is 7.25. The van der Waals surface area contributed by atoms with Gasteiger partial charge in [0.15, 0.2) is 16.7 Å². The number of nitrogens with zero attached hydrogens (tertiary/aromatic N) is 3. The maximum absolute atomic E-state index is 12.8. The molecule has 1 amide bonds. The third kappa shape index (κ3) is 4.72. The topological polar surface area (TPSA) is 76.6 Å². The average molecular weight is 459 g/mol. The zero-order valence-electron chi connectivity index (χ0n) is 17.9. The maximum Gasteiger partial charge on any atom is 0.261 e. The van der Waals surface area contributed by atoms with Crippen molar-refractivity contribution in [2.75, 3.05) is 45.0 Å². The molecule has 1 aliphatic heterocycles. The Labute approximate surface area is 190 Å². The summed E-state index contributed by atoms with van der Waals surface area (Å²) in [4.78, 5) is 26.0. The van der Waals surface area contributed by atoms with Crippen molar-refractivity contribution in [1.29, 1.82) is 0 Å². The van der Waals surface area contributed by atoms with Gasteiger partial charge < -0.3 is 19.7 Å². The Hall–Kier alpha value is -2.52. The Balaban J connectivity index is 1.47. The lowest BCUT2D eigenvalue weighted by molar-refractivity contribution is 0.0958. The minimum Gasteiger partial charge on any atom is -0.493 e. The number of nitrogens with one attached hydrogen (secondary N) is 1. The Bertz CT molecular complexity index is 1080. The van der Waals surface area contributed by atoms with Crippen LogP contribution in [-0.4, -0.2) is 56.0 Å². The van der Waals surface area contributed by atoms with E-state index < -0.39 is 0 Å². The van der Waals surface area contributed by atoms with Gasteiger partial charge in [-0.05, 0) is 49.3 Å². The molecule has 0 saturated carbocycles. The summed E-state index contributed by atoms with van der Waals surface area (Å²) < 4.78 is 10.6. The van der Waals surface area contributed by atoms with Gasteiger partial charge in [0.25, 0.3) is 5.91 Å². The third-order valence-corrected chi connectivity index (χ3v) is 6.89. The van der Waals surface area contributed by atoms with Gasteiger partial charge in [0.2, 0.25) is 0 Å². The molecule has 164 valence electrons. The Kier molecular flexibility index (Phi) is 6.82. The highest BCUT2D eigenvalue weighted by atomic mass is 32.2. The maximum atomic E-state index is 12.8. The summed E-state index contributed by atoms with van der Waals surface area (Å²) in [5, 5.41) is 4.74. The molecule has 1 aromatic carbocycles. The molecule has 0 aliphatic carbocycles. The van der Waals surface area contributed by atoms with Gasteiger partial charge in [-0.1, -0.05) is 17.8 Å². The van der Waals surface area contributed by atoms with E-state index >= 15 is 0 Å². The number of hydrogen-bond donors (Lipinski definition) is 1. The van der Waals surface area contributed by atoms with Crippen LogP contribution >= 0.6 is 23.1 Å². The number of amides is 1. The van der Waals surface area contributed by atoms with Crippen molar-refractivity contribution < 1.29 is 14.3 Å². The van der Waals surface area contributed by atoms with E-state index in [1.807, 2.05) is 30.5 Å². The smallest absolute Gasteiger partial charge is 0.261 e. The van der Waals surface area contributed by atoms with Gasteiger partial charge in [0.1, 0.15) is 10.6 Å². The molecular formula is C22H26N4O3S2. The molecule has 9 heteroatoms. The summed E-state index contributed by atoms with van der Waals surface area (Å²) in [5.74, 6) is 2.25. The number of carbonyl (C=O) groups is 1. The number of aromatic nitrogens is 2. The predicted molar refractivity (Wildman–Crippen MR) is 126 cm³/mol. The monoisotopic (exact) mass is 458 g/mol. The number of fused-ring (bicyclic) bond motifs is 1. The SMILES string of the molecule is COc1ccc(CCNC(=O)c2cc3c(N4CCCC4)nc(SC)nc3s2)cc1OC. The van der Waals surface area contributed by atoms with E-state index in [-0.39, 0.29) is 5.91 Å². The fourth-order valence-electron chi connectivity index (χ4n) is 3.70. The highest BCUT2D eigenvalue weighted by Crippen LogP contribution is 2.34. The van der Waals surface area contributed by atoms with Crippen molar-refractivity contribution >= 4 is 45.0 Å². The van der Waals surface area contributed by atoms with Crippen LogP contribution in [0.5, 0.6) is 11.5 Å². The highest BCUT2D eigenvalue weighted by Gasteiger charge is 2.21. The lowest BCUT2D eigenvalue weighted by Crippen LogP contribution is -2.24. The third-order valence-electron chi connectivity index (χ3n) is 5.31. The largest absolute Gasteiger partial charge is 0.493 e. The van der Waals surface area contributed by atoms with E-state index in [4.69, 9.17) is 14.5 Å². The number of ether oxygens (including phenoxy) is 2. The molecule has 0 atom stereocenters. The Morgan fingerprint density at radius 1 is 1.16 bits per heavy atom. The minimum atomic E-state index is -0.0819. The number of thioether (sulfide) groups is 1. The summed E-state index contributed by atoms with van der Waals surface area (Å²) in [6.45, 7) is 2.54. The van der Waals surface area contributed by atoms with Crippen LogP contribution < -0.4 is 19.7 Å². The van der Waals surface area contributed by atoms with Crippen LogP contribution in [0, 0.1) is 0 Å². The van der Waals surface area contributed by atoms with E-state index in [2.05, 4.69) is 15.2 Å². The van der Waals surface area contributed by atoms with E-state index in [1.165, 1.54) is 35.9 Å². The molecule has 7 nitrogen and oxygen atoms in total. The first-order valence-electron chi connectivity index (χ1n) is 10.2. The summed E-state index contributed by atoms with van der Waals surface area (Å²) in [6, 6.07) is 7.73. The van der Waals surface area contributed by atoms with Crippen LogP contribution in [0.3, 0.4) is 0 Å². The number of carbonyl (C=O) groups excluding carboxylic acids is 1. The van der Waals surface area contributed by atoms with Crippen LogP contribution in [-0.2, 0) is 6.42 Å². The molecule has 0 unspecified atom stereocenters. The average Bonchev–Trinajstić information content (AvgIpc) is 3.48. The van der Waals surface area contributed by atoms with Crippen molar-refractivity contribution in [2.24, 2.45) is 0 Å². The molecule has 1 saturated heterocycles. The molecule has 0 bridgehead atoms.